The highest BCUT2D eigenvalue weighted by Crippen LogP contribution is 2.05. The lowest BCUT2D eigenvalue weighted by molar-refractivity contribution is -0.141. The van der Waals surface area contributed by atoms with Gasteiger partial charge in [-0.1, -0.05) is 44.2 Å². The second-order valence-electron chi connectivity index (χ2n) is 5.50. The Labute approximate surface area is 135 Å². The number of benzene rings is 1. The highest BCUT2D eigenvalue weighted by molar-refractivity contribution is 5.89. The molecule has 1 aromatic rings. The van der Waals surface area contributed by atoms with E-state index in [9.17, 15) is 14.4 Å². The fourth-order valence-electron chi connectivity index (χ4n) is 1.79. The number of alkyl carbamates (subject to hydrolysis) is 1. The van der Waals surface area contributed by atoms with E-state index in [0.29, 0.717) is 0 Å². The molecule has 7 heteroatoms. The van der Waals surface area contributed by atoms with Gasteiger partial charge in [-0.3, -0.25) is 9.59 Å². The van der Waals surface area contributed by atoms with Crippen LogP contribution in [0.4, 0.5) is 4.79 Å². The molecule has 7 nitrogen and oxygen atoms in total. The number of carbonyl (C=O) groups excluding carboxylic acids is 2. The zero-order valence-electron chi connectivity index (χ0n) is 13.4. The van der Waals surface area contributed by atoms with Gasteiger partial charge >= 0.3 is 12.1 Å². The number of ether oxygens (including phenoxy) is 1. The SMILES string of the molecule is CC(NC(=O)C(NC(=O)OCc1ccccc1)C(C)C)C(=O)O. The Kier molecular flexibility index (Phi) is 7.05. The first-order valence-electron chi connectivity index (χ1n) is 7.31. The van der Waals surface area contributed by atoms with E-state index in [0.717, 1.165) is 5.56 Å². The molecule has 0 aliphatic carbocycles. The first-order chi connectivity index (χ1) is 10.8. The molecule has 0 aliphatic rings. The summed E-state index contributed by atoms with van der Waals surface area (Å²) in [6.45, 7) is 4.93. The largest absolute Gasteiger partial charge is 0.480 e. The molecule has 1 rings (SSSR count). The van der Waals surface area contributed by atoms with Crippen LogP contribution >= 0.6 is 0 Å². The first kappa shape index (κ1) is 18.5. The molecule has 23 heavy (non-hydrogen) atoms. The molecule has 1 aromatic carbocycles. The van der Waals surface area contributed by atoms with Gasteiger partial charge in [0.1, 0.15) is 18.7 Å². The fraction of sp³-hybridized carbons (Fsp3) is 0.438. The highest BCUT2D eigenvalue weighted by atomic mass is 16.5. The normalized spacial score (nSPS) is 13.0. The lowest BCUT2D eigenvalue weighted by Gasteiger charge is -2.22. The van der Waals surface area contributed by atoms with Crippen LogP contribution in [0, 0.1) is 5.92 Å². The first-order valence-corrected chi connectivity index (χ1v) is 7.31. The molecule has 0 heterocycles. The van der Waals surface area contributed by atoms with Crippen molar-refractivity contribution in [1.29, 1.82) is 0 Å². The Morgan fingerprint density at radius 2 is 1.70 bits per heavy atom. The maximum absolute atomic E-state index is 12.1. The summed E-state index contributed by atoms with van der Waals surface area (Å²) in [4.78, 5) is 34.7. The van der Waals surface area contributed by atoms with Crippen LogP contribution in [0.2, 0.25) is 0 Å². The summed E-state index contributed by atoms with van der Waals surface area (Å²) in [6, 6.07) is 7.23. The molecule has 0 radical (unpaired) electrons. The van der Waals surface area contributed by atoms with Gasteiger partial charge in [-0.05, 0) is 18.4 Å². The van der Waals surface area contributed by atoms with Gasteiger partial charge in [-0.15, -0.1) is 0 Å². The molecule has 2 amide bonds. The van der Waals surface area contributed by atoms with Crippen molar-refractivity contribution >= 4 is 18.0 Å². The van der Waals surface area contributed by atoms with Gasteiger partial charge in [-0.2, -0.15) is 0 Å². The minimum absolute atomic E-state index is 0.0879. The minimum Gasteiger partial charge on any atom is -0.480 e. The number of amides is 2. The molecule has 0 aliphatic heterocycles. The molecule has 126 valence electrons. The summed E-state index contributed by atoms with van der Waals surface area (Å²) >= 11 is 0. The summed E-state index contributed by atoms with van der Waals surface area (Å²) in [6.07, 6.45) is -0.731. The van der Waals surface area contributed by atoms with Gasteiger partial charge in [-0.25, -0.2) is 4.79 Å². The molecule has 2 unspecified atom stereocenters. The van der Waals surface area contributed by atoms with Crippen molar-refractivity contribution in [3.63, 3.8) is 0 Å². The van der Waals surface area contributed by atoms with Crippen molar-refractivity contribution in [2.45, 2.75) is 39.5 Å². The van der Waals surface area contributed by atoms with E-state index in [1.807, 2.05) is 30.3 Å². The van der Waals surface area contributed by atoms with Crippen LogP contribution in [-0.2, 0) is 20.9 Å². The molecule has 0 aromatic heterocycles. The number of hydrogen-bond acceptors (Lipinski definition) is 4. The van der Waals surface area contributed by atoms with Crippen LogP contribution in [0.5, 0.6) is 0 Å². The topological polar surface area (TPSA) is 105 Å². The van der Waals surface area contributed by atoms with Crippen molar-refractivity contribution in [3.05, 3.63) is 35.9 Å². The summed E-state index contributed by atoms with van der Waals surface area (Å²) in [5.74, 6) is -1.93. The van der Waals surface area contributed by atoms with Crippen LogP contribution in [-0.4, -0.2) is 35.2 Å². The number of carboxylic acid groups (broad SMARTS) is 1. The van der Waals surface area contributed by atoms with Crippen LogP contribution in [0.25, 0.3) is 0 Å². The van der Waals surface area contributed by atoms with E-state index >= 15 is 0 Å². The molecule has 0 saturated heterocycles. The monoisotopic (exact) mass is 322 g/mol. The molecular weight excluding hydrogens is 300 g/mol. The average molecular weight is 322 g/mol. The molecule has 0 fully saturated rings. The number of hydrogen-bond donors (Lipinski definition) is 3. The van der Waals surface area contributed by atoms with Crippen LogP contribution < -0.4 is 10.6 Å². The Hall–Kier alpha value is -2.57. The van der Waals surface area contributed by atoms with Crippen LogP contribution in [0.15, 0.2) is 30.3 Å². The standard InChI is InChI=1S/C16H22N2O5/c1-10(2)13(14(19)17-11(3)15(20)21)18-16(22)23-9-12-7-5-4-6-8-12/h4-8,10-11,13H,9H2,1-3H3,(H,17,19)(H,18,22)(H,20,21). The van der Waals surface area contributed by atoms with Crippen LogP contribution in [0.1, 0.15) is 26.3 Å². The van der Waals surface area contributed by atoms with E-state index < -0.39 is 30.1 Å². The maximum Gasteiger partial charge on any atom is 0.408 e. The second kappa shape index (κ2) is 8.77. The summed E-state index contributed by atoms with van der Waals surface area (Å²) < 4.78 is 5.06. The van der Waals surface area contributed by atoms with Gasteiger partial charge in [0.25, 0.3) is 0 Å². The number of carboxylic acids is 1. The van der Waals surface area contributed by atoms with Crippen molar-refractivity contribution in [3.8, 4) is 0 Å². The Bertz CT molecular complexity index is 545. The highest BCUT2D eigenvalue weighted by Gasteiger charge is 2.27. The number of aliphatic carboxylic acids is 1. The second-order valence-corrected chi connectivity index (χ2v) is 5.50. The molecule has 3 N–H and O–H groups in total. The van der Waals surface area contributed by atoms with Crippen molar-refractivity contribution in [2.24, 2.45) is 5.92 Å². The van der Waals surface area contributed by atoms with Gasteiger partial charge < -0.3 is 20.5 Å². The van der Waals surface area contributed by atoms with Crippen molar-refractivity contribution in [1.82, 2.24) is 10.6 Å². The van der Waals surface area contributed by atoms with Crippen molar-refractivity contribution in [2.75, 3.05) is 0 Å². The molecule has 0 bridgehead atoms. The number of carbonyl (C=O) groups is 3. The fourth-order valence-corrected chi connectivity index (χ4v) is 1.79. The molecular formula is C16H22N2O5. The third kappa shape index (κ3) is 6.37. The Balaban J connectivity index is 2.56. The van der Waals surface area contributed by atoms with E-state index in [1.54, 1.807) is 13.8 Å². The summed E-state index contributed by atoms with van der Waals surface area (Å²) in [5, 5.41) is 13.6. The summed E-state index contributed by atoms with van der Waals surface area (Å²) in [7, 11) is 0. The minimum atomic E-state index is -1.15. The van der Waals surface area contributed by atoms with Gasteiger partial charge in [0, 0.05) is 0 Å². The lowest BCUT2D eigenvalue weighted by Crippen LogP contribution is -2.53. The third-order valence-corrected chi connectivity index (χ3v) is 3.16. The van der Waals surface area contributed by atoms with E-state index in [2.05, 4.69) is 10.6 Å². The predicted octanol–water partition coefficient (Wildman–Crippen LogP) is 1.53. The lowest BCUT2D eigenvalue weighted by atomic mass is 10.0. The van der Waals surface area contributed by atoms with E-state index in [1.165, 1.54) is 6.92 Å². The molecule has 0 spiro atoms. The zero-order chi connectivity index (χ0) is 17.4. The van der Waals surface area contributed by atoms with Gasteiger partial charge in [0.05, 0.1) is 0 Å². The van der Waals surface area contributed by atoms with Crippen LogP contribution in [0.3, 0.4) is 0 Å². The molecule has 2 atom stereocenters. The Morgan fingerprint density at radius 1 is 1.09 bits per heavy atom. The third-order valence-electron chi connectivity index (χ3n) is 3.16. The predicted molar refractivity (Wildman–Crippen MR) is 83.6 cm³/mol. The van der Waals surface area contributed by atoms with Crippen molar-refractivity contribution < 1.29 is 24.2 Å². The summed E-state index contributed by atoms with van der Waals surface area (Å²) in [5.41, 5.74) is 0.827. The average Bonchev–Trinajstić information content (AvgIpc) is 2.51. The number of nitrogens with one attached hydrogen (secondary N) is 2. The Morgan fingerprint density at radius 3 is 2.22 bits per heavy atom. The van der Waals surface area contributed by atoms with Gasteiger partial charge in [0.2, 0.25) is 5.91 Å². The van der Waals surface area contributed by atoms with E-state index in [-0.39, 0.29) is 12.5 Å². The van der Waals surface area contributed by atoms with E-state index in [4.69, 9.17) is 9.84 Å². The maximum atomic E-state index is 12.1. The number of rotatable bonds is 7. The molecule has 0 saturated carbocycles. The zero-order valence-corrected chi connectivity index (χ0v) is 13.4. The quantitative estimate of drug-likeness (QED) is 0.706. The smallest absolute Gasteiger partial charge is 0.408 e. The van der Waals surface area contributed by atoms with Gasteiger partial charge in [0.15, 0.2) is 0 Å².